The summed E-state index contributed by atoms with van der Waals surface area (Å²) in [5, 5.41) is 9.68. The van der Waals surface area contributed by atoms with Crippen LogP contribution < -0.4 is 15.4 Å². The zero-order chi connectivity index (χ0) is 24.5. The fourth-order valence-electron chi connectivity index (χ4n) is 3.78. The fraction of sp³-hybridized carbons (Fsp3) is 0.261. The van der Waals surface area contributed by atoms with Crippen LogP contribution in [-0.2, 0) is 27.1 Å². The Morgan fingerprint density at radius 1 is 1.18 bits per heavy atom. The third kappa shape index (κ3) is 4.60. The van der Waals surface area contributed by atoms with E-state index >= 15 is 0 Å². The van der Waals surface area contributed by atoms with E-state index in [0.717, 1.165) is 17.7 Å². The number of nitrogens with one attached hydrogen (secondary N) is 2. The number of aromatic nitrogens is 2. The Balaban J connectivity index is 1.59. The van der Waals surface area contributed by atoms with Crippen molar-refractivity contribution in [1.82, 2.24) is 9.78 Å². The Morgan fingerprint density at radius 3 is 2.56 bits per heavy atom. The number of fused-ring (bicyclic) bond motifs is 1. The van der Waals surface area contributed by atoms with E-state index in [4.69, 9.17) is 9.47 Å². The lowest BCUT2D eigenvalue weighted by Gasteiger charge is -2.12. The molecule has 3 aromatic rings. The van der Waals surface area contributed by atoms with E-state index in [9.17, 15) is 22.8 Å². The number of ether oxygens (including phenoxy) is 2. The first-order valence-corrected chi connectivity index (χ1v) is 10.2. The van der Waals surface area contributed by atoms with Crippen LogP contribution in [0.15, 0.2) is 48.5 Å². The van der Waals surface area contributed by atoms with Gasteiger partial charge in [-0.2, -0.15) is 18.3 Å². The van der Waals surface area contributed by atoms with Gasteiger partial charge < -0.3 is 20.1 Å². The van der Waals surface area contributed by atoms with Crippen LogP contribution in [0.5, 0.6) is 5.75 Å². The number of rotatable bonds is 7. The van der Waals surface area contributed by atoms with E-state index in [0.29, 0.717) is 22.8 Å². The van der Waals surface area contributed by atoms with Crippen LogP contribution >= 0.6 is 0 Å². The Bertz CT molecular complexity index is 1220. The summed E-state index contributed by atoms with van der Waals surface area (Å²) in [7, 11) is 3.07. The van der Waals surface area contributed by atoms with Crippen LogP contribution in [0.25, 0.3) is 11.1 Å². The molecule has 0 saturated carbocycles. The Labute approximate surface area is 192 Å². The van der Waals surface area contributed by atoms with E-state index in [1.165, 1.54) is 23.9 Å². The van der Waals surface area contributed by atoms with Gasteiger partial charge in [0.15, 0.2) is 0 Å². The summed E-state index contributed by atoms with van der Waals surface area (Å²) < 4.78 is 50.7. The molecule has 34 heavy (non-hydrogen) atoms. The predicted octanol–water partition coefficient (Wildman–Crippen LogP) is 4.25. The van der Waals surface area contributed by atoms with Gasteiger partial charge in [0.05, 0.1) is 31.4 Å². The van der Waals surface area contributed by atoms with Gasteiger partial charge in [0.2, 0.25) is 5.91 Å². The van der Waals surface area contributed by atoms with E-state index < -0.39 is 29.6 Å². The van der Waals surface area contributed by atoms with Crippen molar-refractivity contribution in [3.8, 4) is 16.9 Å². The number of anilines is 2. The molecule has 8 nitrogen and oxygen atoms in total. The minimum Gasteiger partial charge on any atom is -0.497 e. The molecule has 11 heteroatoms. The summed E-state index contributed by atoms with van der Waals surface area (Å²) in [6.45, 7) is 0.167. The highest BCUT2D eigenvalue weighted by molar-refractivity contribution is 6.04. The maximum absolute atomic E-state index is 12.9. The molecule has 0 saturated heterocycles. The van der Waals surface area contributed by atoms with E-state index in [1.807, 2.05) is 12.1 Å². The highest BCUT2D eigenvalue weighted by atomic mass is 19.4. The van der Waals surface area contributed by atoms with Gasteiger partial charge in [0.25, 0.3) is 5.91 Å². The minimum atomic E-state index is -4.54. The average molecular weight is 474 g/mol. The number of nitrogens with zero attached hydrogens (tertiary/aromatic N) is 2. The molecule has 1 aromatic heterocycles. The van der Waals surface area contributed by atoms with E-state index in [1.54, 1.807) is 19.2 Å². The molecule has 2 heterocycles. The number of hydrogen-bond acceptors (Lipinski definition) is 5. The van der Waals surface area contributed by atoms with Crippen molar-refractivity contribution in [3.05, 3.63) is 59.8 Å². The van der Waals surface area contributed by atoms with Crippen LogP contribution in [0.1, 0.15) is 23.7 Å². The first-order valence-electron chi connectivity index (χ1n) is 10.2. The van der Waals surface area contributed by atoms with Crippen molar-refractivity contribution < 1.29 is 32.2 Å². The number of hydrogen-bond donors (Lipinski definition) is 2. The van der Waals surface area contributed by atoms with Gasteiger partial charge in [-0.15, -0.1) is 0 Å². The quantitative estimate of drug-likeness (QED) is 0.534. The number of amides is 2. The lowest BCUT2D eigenvalue weighted by Crippen LogP contribution is -2.24. The van der Waals surface area contributed by atoms with Gasteiger partial charge in [-0.1, -0.05) is 18.2 Å². The summed E-state index contributed by atoms with van der Waals surface area (Å²) in [6, 6.07) is 10.5. The standard InChI is InChI=1S/C23H21F3N4O4/c1-33-12-17-20(13-6-8-16(34-2)9-7-13)21-28-22(32)18(30(21)29-17)11-19(31)27-15-5-3-4-14(10-15)23(24,25)26/h3-10,18H,11-12H2,1-2H3,(H,27,31)(H,28,32). The first-order chi connectivity index (χ1) is 16.2. The van der Waals surface area contributed by atoms with Gasteiger partial charge >= 0.3 is 6.18 Å². The number of methoxy groups -OCH3 is 2. The third-order valence-electron chi connectivity index (χ3n) is 5.33. The lowest BCUT2D eigenvalue weighted by atomic mass is 10.1. The summed E-state index contributed by atoms with van der Waals surface area (Å²) >= 11 is 0. The summed E-state index contributed by atoms with van der Waals surface area (Å²) in [5.41, 5.74) is 1.08. The number of benzene rings is 2. The zero-order valence-corrected chi connectivity index (χ0v) is 18.3. The Morgan fingerprint density at radius 2 is 1.91 bits per heavy atom. The van der Waals surface area contributed by atoms with Crippen LogP contribution in [0, 0.1) is 0 Å². The molecular weight excluding hydrogens is 453 g/mol. The molecule has 0 aliphatic carbocycles. The molecule has 2 aromatic carbocycles. The average Bonchev–Trinajstić information content (AvgIpc) is 3.28. The molecule has 2 amide bonds. The molecule has 178 valence electrons. The Hall–Kier alpha value is -3.86. The van der Waals surface area contributed by atoms with Crippen molar-refractivity contribution in [2.24, 2.45) is 0 Å². The van der Waals surface area contributed by atoms with Crippen molar-refractivity contribution in [2.45, 2.75) is 25.2 Å². The van der Waals surface area contributed by atoms with Crippen molar-refractivity contribution >= 4 is 23.3 Å². The predicted molar refractivity (Wildman–Crippen MR) is 117 cm³/mol. The molecule has 0 fully saturated rings. The van der Waals surface area contributed by atoms with Gasteiger partial charge in [-0.3, -0.25) is 9.59 Å². The summed E-state index contributed by atoms with van der Waals surface area (Å²) in [6.07, 6.45) is -4.85. The van der Waals surface area contributed by atoms with Crippen LogP contribution in [0.3, 0.4) is 0 Å². The summed E-state index contributed by atoms with van der Waals surface area (Å²) in [5.74, 6) is 0.00986. The topological polar surface area (TPSA) is 94.5 Å². The van der Waals surface area contributed by atoms with Crippen LogP contribution in [-0.4, -0.2) is 35.8 Å². The van der Waals surface area contributed by atoms with Crippen LogP contribution in [0.4, 0.5) is 24.7 Å². The molecular formula is C23H21F3N4O4. The molecule has 4 rings (SSSR count). The molecule has 0 bridgehead atoms. The largest absolute Gasteiger partial charge is 0.497 e. The SMILES string of the molecule is COCc1nn2c(c1-c1ccc(OC)cc1)NC(=O)C2CC(=O)Nc1cccc(C(F)(F)F)c1. The monoisotopic (exact) mass is 474 g/mol. The fourth-order valence-corrected chi connectivity index (χ4v) is 3.78. The second-order valence-corrected chi connectivity index (χ2v) is 7.61. The molecule has 1 unspecified atom stereocenters. The maximum Gasteiger partial charge on any atom is 0.416 e. The molecule has 1 atom stereocenters. The lowest BCUT2D eigenvalue weighted by molar-refractivity contribution is -0.137. The highest BCUT2D eigenvalue weighted by Gasteiger charge is 2.37. The molecule has 0 spiro atoms. The third-order valence-corrected chi connectivity index (χ3v) is 5.33. The normalized spacial score (nSPS) is 15.1. The zero-order valence-electron chi connectivity index (χ0n) is 18.3. The number of carbonyl (C=O) groups is 2. The van der Waals surface area contributed by atoms with Gasteiger partial charge in [0, 0.05) is 18.4 Å². The van der Waals surface area contributed by atoms with E-state index in [2.05, 4.69) is 15.7 Å². The molecule has 0 radical (unpaired) electrons. The molecule has 1 aliphatic heterocycles. The smallest absolute Gasteiger partial charge is 0.416 e. The van der Waals surface area contributed by atoms with Crippen molar-refractivity contribution in [1.29, 1.82) is 0 Å². The maximum atomic E-state index is 12.9. The van der Waals surface area contributed by atoms with Crippen LogP contribution in [0.2, 0.25) is 0 Å². The number of carbonyl (C=O) groups excluding carboxylic acids is 2. The van der Waals surface area contributed by atoms with E-state index in [-0.39, 0.29) is 18.7 Å². The second kappa shape index (κ2) is 9.18. The van der Waals surface area contributed by atoms with Crippen molar-refractivity contribution in [3.63, 3.8) is 0 Å². The summed E-state index contributed by atoms with van der Waals surface area (Å²) in [4.78, 5) is 25.3. The van der Waals surface area contributed by atoms with Gasteiger partial charge in [0.1, 0.15) is 17.6 Å². The molecule has 1 aliphatic rings. The van der Waals surface area contributed by atoms with Crippen molar-refractivity contribution in [2.75, 3.05) is 24.9 Å². The Kier molecular flexibility index (Phi) is 6.29. The van der Waals surface area contributed by atoms with Gasteiger partial charge in [-0.25, -0.2) is 4.68 Å². The second-order valence-electron chi connectivity index (χ2n) is 7.61. The molecule has 2 N–H and O–H groups in total. The minimum absolute atomic E-state index is 0.0158. The van der Waals surface area contributed by atoms with Gasteiger partial charge in [-0.05, 0) is 35.9 Å². The first kappa shape index (κ1) is 23.3. The number of alkyl halides is 3. The highest BCUT2D eigenvalue weighted by Crippen LogP contribution is 2.39. The number of halogens is 3.